The van der Waals surface area contributed by atoms with Gasteiger partial charge in [0.1, 0.15) is 0 Å². The number of para-hydroxylation sites is 1. The molecule has 1 aliphatic rings. The van der Waals surface area contributed by atoms with Crippen LogP contribution in [-0.4, -0.2) is 48.8 Å². The van der Waals surface area contributed by atoms with Crippen LogP contribution in [0.1, 0.15) is 19.8 Å². The third kappa shape index (κ3) is 2.88. The summed E-state index contributed by atoms with van der Waals surface area (Å²) in [4.78, 5) is 27.0. The maximum absolute atomic E-state index is 12.6. The molecule has 7 nitrogen and oxygen atoms in total. The molecular formula is C18H21N5O2S. The van der Waals surface area contributed by atoms with Gasteiger partial charge in [-0.1, -0.05) is 30.8 Å². The quantitative estimate of drug-likeness (QED) is 0.658. The number of benzene rings is 1. The van der Waals surface area contributed by atoms with Gasteiger partial charge >= 0.3 is 0 Å². The maximum atomic E-state index is 12.6. The van der Waals surface area contributed by atoms with E-state index in [-0.39, 0.29) is 11.5 Å². The summed E-state index contributed by atoms with van der Waals surface area (Å²) in [5.41, 5.74) is 0.660. The van der Waals surface area contributed by atoms with Crippen molar-refractivity contribution in [2.75, 3.05) is 18.8 Å². The Balaban J connectivity index is 1.65. The normalized spacial score (nSPS) is 17.9. The Morgan fingerprint density at radius 1 is 1.31 bits per heavy atom. The van der Waals surface area contributed by atoms with Gasteiger partial charge in [-0.2, -0.15) is 0 Å². The number of fused-ring (bicyclic) bond motifs is 3. The molecule has 136 valence electrons. The van der Waals surface area contributed by atoms with E-state index >= 15 is 0 Å². The first-order chi connectivity index (χ1) is 12.6. The van der Waals surface area contributed by atoms with Crippen molar-refractivity contribution in [1.82, 2.24) is 24.1 Å². The second-order valence-corrected chi connectivity index (χ2v) is 7.82. The fourth-order valence-corrected chi connectivity index (χ4v) is 4.38. The van der Waals surface area contributed by atoms with Crippen LogP contribution in [0.4, 0.5) is 0 Å². The van der Waals surface area contributed by atoms with Gasteiger partial charge in [-0.05, 0) is 30.9 Å². The standard InChI is InChI=1S/C18H21N5O2S/c1-12-6-5-9-22(10-12)15(24)11-26-18-20-19-17-21(2)16(25)13-7-3-4-8-14(13)23(17)18/h3-4,7-8,12H,5-6,9-11H2,1-2H3/t12-/m1/s1. The lowest BCUT2D eigenvalue weighted by molar-refractivity contribution is -0.130. The number of aromatic nitrogens is 4. The van der Waals surface area contributed by atoms with Gasteiger partial charge in [0.15, 0.2) is 5.16 Å². The number of amides is 1. The van der Waals surface area contributed by atoms with Gasteiger partial charge < -0.3 is 4.90 Å². The van der Waals surface area contributed by atoms with Crippen molar-refractivity contribution >= 4 is 34.3 Å². The first-order valence-electron chi connectivity index (χ1n) is 8.79. The molecule has 3 aromatic rings. The first kappa shape index (κ1) is 17.1. The van der Waals surface area contributed by atoms with Crippen molar-refractivity contribution < 1.29 is 4.79 Å². The molecule has 0 bridgehead atoms. The van der Waals surface area contributed by atoms with E-state index < -0.39 is 0 Å². The number of carbonyl (C=O) groups excluding carboxylic acids is 1. The van der Waals surface area contributed by atoms with E-state index in [2.05, 4.69) is 17.1 Å². The van der Waals surface area contributed by atoms with Crippen molar-refractivity contribution in [3.05, 3.63) is 34.6 Å². The molecule has 1 saturated heterocycles. The van der Waals surface area contributed by atoms with Crippen molar-refractivity contribution in [3.63, 3.8) is 0 Å². The average Bonchev–Trinajstić information content (AvgIpc) is 3.08. The Kier molecular flexibility index (Phi) is 4.44. The fraction of sp³-hybridized carbons (Fsp3) is 0.444. The Hall–Kier alpha value is -2.35. The van der Waals surface area contributed by atoms with Crippen LogP contribution >= 0.6 is 11.8 Å². The minimum absolute atomic E-state index is 0.101. The number of rotatable bonds is 3. The fourth-order valence-electron chi connectivity index (χ4n) is 3.54. The highest BCUT2D eigenvalue weighted by atomic mass is 32.2. The molecule has 8 heteroatoms. The summed E-state index contributed by atoms with van der Waals surface area (Å²) in [6.45, 7) is 3.85. The van der Waals surface area contributed by atoms with Crippen LogP contribution in [0, 0.1) is 5.92 Å². The SMILES string of the molecule is C[C@@H]1CCCN(C(=O)CSc2nnc3n(C)c(=O)c4ccccc4n23)C1. The van der Waals surface area contributed by atoms with Crippen molar-refractivity contribution in [3.8, 4) is 0 Å². The van der Waals surface area contributed by atoms with Crippen LogP contribution in [0.15, 0.2) is 34.2 Å². The van der Waals surface area contributed by atoms with Gasteiger partial charge in [0.2, 0.25) is 11.7 Å². The molecule has 1 aromatic carbocycles. The Bertz CT molecular complexity index is 1040. The zero-order chi connectivity index (χ0) is 18.3. The third-order valence-corrected chi connectivity index (χ3v) is 5.84. The number of nitrogens with zero attached hydrogens (tertiary/aromatic N) is 5. The summed E-state index contributed by atoms with van der Waals surface area (Å²) in [7, 11) is 1.69. The predicted molar refractivity (Wildman–Crippen MR) is 101 cm³/mol. The van der Waals surface area contributed by atoms with Gasteiger partial charge in [-0.3, -0.25) is 18.6 Å². The molecule has 0 N–H and O–H groups in total. The van der Waals surface area contributed by atoms with Crippen LogP contribution in [0.25, 0.3) is 16.7 Å². The molecule has 1 amide bonds. The molecule has 0 saturated carbocycles. The van der Waals surface area contributed by atoms with Crippen LogP contribution in [-0.2, 0) is 11.8 Å². The van der Waals surface area contributed by atoms with Crippen LogP contribution in [0.2, 0.25) is 0 Å². The lowest BCUT2D eigenvalue weighted by Gasteiger charge is -2.30. The number of thioether (sulfide) groups is 1. The summed E-state index contributed by atoms with van der Waals surface area (Å²) in [6.07, 6.45) is 2.25. The van der Waals surface area contributed by atoms with Gasteiger partial charge in [0.05, 0.1) is 16.7 Å². The van der Waals surface area contributed by atoms with Gasteiger partial charge in [-0.15, -0.1) is 10.2 Å². The molecule has 26 heavy (non-hydrogen) atoms. The molecule has 0 aliphatic carbocycles. The van der Waals surface area contributed by atoms with Gasteiger partial charge in [0, 0.05) is 20.1 Å². The number of carbonyl (C=O) groups is 1. The predicted octanol–water partition coefficient (Wildman–Crippen LogP) is 1.93. The molecule has 2 aromatic heterocycles. The van der Waals surface area contributed by atoms with Gasteiger partial charge in [0.25, 0.3) is 5.56 Å². The van der Waals surface area contributed by atoms with E-state index in [1.165, 1.54) is 22.7 Å². The minimum Gasteiger partial charge on any atom is -0.342 e. The number of hydrogen-bond acceptors (Lipinski definition) is 5. The zero-order valence-corrected chi connectivity index (χ0v) is 15.7. The molecule has 3 heterocycles. The highest BCUT2D eigenvalue weighted by Gasteiger charge is 2.22. The van der Waals surface area contributed by atoms with E-state index in [0.717, 1.165) is 25.0 Å². The van der Waals surface area contributed by atoms with Crippen molar-refractivity contribution in [2.24, 2.45) is 13.0 Å². The monoisotopic (exact) mass is 371 g/mol. The molecule has 0 unspecified atom stereocenters. The average molecular weight is 371 g/mol. The van der Waals surface area contributed by atoms with E-state index in [0.29, 0.717) is 28.0 Å². The minimum atomic E-state index is -0.101. The number of piperidine rings is 1. The Morgan fingerprint density at radius 2 is 2.12 bits per heavy atom. The third-order valence-electron chi connectivity index (χ3n) is 4.93. The summed E-state index contributed by atoms with van der Waals surface area (Å²) in [5, 5.41) is 9.63. The van der Waals surface area contributed by atoms with Crippen molar-refractivity contribution in [1.29, 1.82) is 0 Å². The highest BCUT2D eigenvalue weighted by molar-refractivity contribution is 7.99. The second-order valence-electron chi connectivity index (χ2n) is 6.88. The summed E-state index contributed by atoms with van der Waals surface area (Å²) < 4.78 is 3.35. The highest BCUT2D eigenvalue weighted by Crippen LogP contribution is 2.23. The zero-order valence-electron chi connectivity index (χ0n) is 14.9. The van der Waals surface area contributed by atoms with E-state index in [9.17, 15) is 9.59 Å². The van der Waals surface area contributed by atoms with Crippen LogP contribution < -0.4 is 5.56 Å². The van der Waals surface area contributed by atoms with Gasteiger partial charge in [-0.25, -0.2) is 0 Å². The maximum Gasteiger partial charge on any atom is 0.262 e. The van der Waals surface area contributed by atoms with E-state index in [1.54, 1.807) is 13.1 Å². The summed E-state index contributed by atoms with van der Waals surface area (Å²) in [5.74, 6) is 1.50. The number of likely N-dealkylation sites (tertiary alicyclic amines) is 1. The molecule has 1 aliphatic heterocycles. The molecule has 1 fully saturated rings. The largest absolute Gasteiger partial charge is 0.342 e. The summed E-state index contributed by atoms with van der Waals surface area (Å²) in [6, 6.07) is 7.40. The number of aryl methyl sites for hydroxylation is 1. The lowest BCUT2D eigenvalue weighted by Crippen LogP contribution is -2.40. The van der Waals surface area contributed by atoms with E-state index in [1.807, 2.05) is 27.5 Å². The number of hydrogen-bond donors (Lipinski definition) is 0. The Morgan fingerprint density at radius 3 is 2.92 bits per heavy atom. The Labute approximate surface area is 155 Å². The lowest BCUT2D eigenvalue weighted by atomic mass is 10.0. The first-order valence-corrected chi connectivity index (χ1v) is 9.78. The topological polar surface area (TPSA) is 72.5 Å². The molecule has 0 radical (unpaired) electrons. The molecule has 1 atom stereocenters. The van der Waals surface area contributed by atoms with Crippen LogP contribution in [0.5, 0.6) is 0 Å². The van der Waals surface area contributed by atoms with Crippen LogP contribution in [0.3, 0.4) is 0 Å². The van der Waals surface area contributed by atoms with Crippen molar-refractivity contribution in [2.45, 2.75) is 24.9 Å². The second kappa shape index (κ2) is 6.75. The molecular weight excluding hydrogens is 350 g/mol. The molecule has 0 spiro atoms. The summed E-state index contributed by atoms with van der Waals surface area (Å²) >= 11 is 1.37. The van der Waals surface area contributed by atoms with E-state index in [4.69, 9.17) is 0 Å². The smallest absolute Gasteiger partial charge is 0.262 e. The molecule has 4 rings (SSSR count).